The summed E-state index contributed by atoms with van der Waals surface area (Å²) in [5.41, 5.74) is 1.98. The Morgan fingerprint density at radius 1 is 1.00 bits per heavy atom. The Bertz CT molecular complexity index is 984. The lowest BCUT2D eigenvalue weighted by Crippen LogP contribution is -1.96. The van der Waals surface area contributed by atoms with Crippen LogP contribution in [0, 0.1) is 0 Å². The van der Waals surface area contributed by atoms with Gasteiger partial charge in [0.15, 0.2) is 0 Å². The Morgan fingerprint density at radius 2 is 1.79 bits per heavy atom. The number of hydrogen-bond donors (Lipinski definition) is 0. The fourth-order valence-corrected chi connectivity index (χ4v) is 2.40. The minimum atomic E-state index is 0.565. The molecule has 3 heterocycles. The van der Waals surface area contributed by atoms with Crippen molar-refractivity contribution >= 4 is 17.9 Å². The molecule has 0 bridgehead atoms. The first-order chi connectivity index (χ1) is 11.8. The Labute approximate surface area is 138 Å². The first-order valence-corrected chi connectivity index (χ1v) is 7.51. The molecule has 0 radical (unpaired) electrons. The van der Waals surface area contributed by atoms with E-state index in [2.05, 4.69) is 15.1 Å². The summed E-state index contributed by atoms with van der Waals surface area (Å²) in [4.78, 5) is 8.72. The van der Waals surface area contributed by atoms with E-state index in [9.17, 15) is 0 Å². The van der Waals surface area contributed by atoms with E-state index in [0.29, 0.717) is 11.7 Å². The van der Waals surface area contributed by atoms with Crippen LogP contribution in [0.2, 0.25) is 0 Å². The summed E-state index contributed by atoms with van der Waals surface area (Å²) in [6, 6.07) is 13.6. The van der Waals surface area contributed by atoms with Gasteiger partial charge >= 0.3 is 0 Å². The van der Waals surface area contributed by atoms with Crippen LogP contribution >= 0.6 is 0 Å². The molecule has 118 valence electrons. The van der Waals surface area contributed by atoms with Crippen LogP contribution in [0.15, 0.2) is 61.1 Å². The molecule has 0 aliphatic heterocycles. The number of methoxy groups -OCH3 is 1. The highest BCUT2D eigenvalue weighted by Gasteiger charge is 2.07. The number of aromatic nitrogens is 5. The second-order valence-corrected chi connectivity index (χ2v) is 5.19. The molecule has 4 rings (SSSR count). The van der Waals surface area contributed by atoms with Crippen molar-refractivity contribution in [3.63, 3.8) is 0 Å². The molecule has 0 fully saturated rings. The summed E-state index contributed by atoms with van der Waals surface area (Å²) in [7, 11) is 1.66. The maximum absolute atomic E-state index is 5.17. The lowest BCUT2D eigenvalue weighted by Gasteiger charge is -2.00. The lowest BCUT2D eigenvalue weighted by molar-refractivity contribution is 0.415. The maximum Gasteiger partial charge on any atom is 0.255 e. The van der Waals surface area contributed by atoms with E-state index in [-0.39, 0.29) is 0 Å². The molecule has 4 aromatic rings. The van der Waals surface area contributed by atoms with E-state index in [1.54, 1.807) is 17.8 Å². The zero-order chi connectivity index (χ0) is 16.4. The van der Waals surface area contributed by atoms with Crippen LogP contribution in [0.4, 0.5) is 0 Å². The highest BCUT2D eigenvalue weighted by atomic mass is 16.5. The molecule has 0 saturated carbocycles. The number of rotatable bonds is 4. The van der Waals surface area contributed by atoms with E-state index < -0.39 is 0 Å². The molecule has 1 aromatic carbocycles. The van der Waals surface area contributed by atoms with Crippen LogP contribution in [-0.2, 0) is 0 Å². The van der Waals surface area contributed by atoms with Crippen molar-refractivity contribution in [2.45, 2.75) is 0 Å². The molecule has 0 aliphatic rings. The Hall–Kier alpha value is -3.41. The topological polar surface area (TPSA) is 57.2 Å². The summed E-state index contributed by atoms with van der Waals surface area (Å²) in [5.74, 6) is 2.00. The molecule has 0 unspecified atom stereocenters. The summed E-state index contributed by atoms with van der Waals surface area (Å²) in [6.07, 6.45) is 9.55. The van der Waals surface area contributed by atoms with E-state index in [0.717, 1.165) is 17.0 Å². The average Bonchev–Trinajstić information content (AvgIpc) is 3.29. The van der Waals surface area contributed by atoms with Crippen molar-refractivity contribution in [3.05, 3.63) is 72.3 Å². The van der Waals surface area contributed by atoms with Gasteiger partial charge in [0.05, 0.1) is 12.8 Å². The van der Waals surface area contributed by atoms with Gasteiger partial charge < -0.3 is 4.74 Å². The lowest BCUT2D eigenvalue weighted by atomic mass is 10.2. The smallest absolute Gasteiger partial charge is 0.255 e. The summed E-state index contributed by atoms with van der Waals surface area (Å²) >= 11 is 0. The molecule has 0 aliphatic carbocycles. The molecular weight excluding hydrogens is 302 g/mol. The summed E-state index contributed by atoms with van der Waals surface area (Å²) < 4.78 is 8.76. The van der Waals surface area contributed by atoms with Gasteiger partial charge in [-0.25, -0.2) is 4.98 Å². The van der Waals surface area contributed by atoms with Crippen LogP contribution in [0.5, 0.6) is 5.75 Å². The van der Waals surface area contributed by atoms with Gasteiger partial charge in [-0.2, -0.15) is 9.50 Å². The molecule has 0 saturated heterocycles. The molecule has 0 N–H and O–H groups in total. The van der Waals surface area contributed by atoms with Crippen molar-refractivity contribution in [3.8, 4) is 11.7 Å². The van der Waals surface area contributed by atoms with Crippen LogP contribution < -0.4 is 4.74 Å². The van der Waals surface area contributed by atoms with E-state index >= 15 is 0 Å². The van der Waals surface area contributed by atoms with Gasteiger partial charge in [0, 0.05) is 18.6 Å². The van der Waals surface area contributed by atoms with Gasteiger partial charge in [-0.1, -0.05) is 18.2 Å². The Balaban J connectivity index is 1.69. The number of ether oxygens (including phenoxy) is 1. The van der Waals surface area contributed by atoms with Crippen molar-refractivity contribution in [2.24, 2.45) is 0 Å². The quantitative estimate of drug-likeness (QED) is 0.580. The number of benzene rings is 1. The van der Waals surface area contributed by atoms with Crippen LogP contribution in [0.25, 0.3) is 23.9 Å². The highest BCUT2D eigenvalue weighted by Crippen LogP contribution is 2.14. The third kappa shape index (κ3) is 2.65. The number of fused-ring (bicyclic) bond motifs is 1. The second kappa shape index (κ2) is 6.00. The molecule has 24 heavy (non-hydrogen) atoms. The van der Waals surface area contributed by atoms with Crippen molar-refractivity contribution in [1.29, 1.82) is 0 Å². The maximum atomic E-state index is 5.17. The molecule has 0 atom stereocenters. The van der Waals surface area contributed by atoms with Crippen LogP contribution in [0.3, 0.4) is 0 Å². The van der Waals surface area contributed by atoms with E-state index in [1.807, 2.05) is 71.6 Å². The van der Waals surface area contributed by atoms with Crippen molar-refractivity contribution < 1.29 is 4.74 Å². The largest absolute Gasteiger partial charge is 0.497 e. The third-order valence-electron chi connectivity index (χ3n) is 3.66. The van der Waals surface area contributed by atoms with E-state index in [1.165, 1.54) is 0 Å². The first-order valence-electron chi connectivity index (χ1n) is 7.51. The first kappa shape index (κ1) is 14.2. The van der Waals surface area contributed by atoms with Gasteiger partial charge in [-0.05, 0) is 42.0 Å². The van der Waals surface area contributed by atoms with Gasteiger partial charge in [0.2, 0.25) is 0 Å². The standard InChI is InChI=1S/C18H15N5O/c1-24-16-8-5-14(6-9-16)4-7-15-10-11-19-17-20-18(21-23(15)17)22-12-2-3-13-22/h2-13H,1H3/b7-4+. The normalized spacial score (nSPS) is 11.4. The zero-order valence-electron chi connectivity index (χ0n) is 13.1. The Kier molecular flexibility index (Phi) is 3.55. The van der Waals surface area contributed by atoms with Gasteiger partial charge in [0.25, 0.3) is 11.7 Å². The van der Waals surface area contributed by atoms with Gasteiger partial charge in [-0.3, -0.25) is 4.57 Å². The van der Waals surface area contributed by atoms with Crippen molar-refractivity contribution in [2.75, 3.05) is 7.11 Å². The molecule has 6 heteroatoms. The predicted octanol–water partition coefficient (Wildman–Crippen LogP) is 3.09. The number of hydrogen-bond acceptors (Lipinski definition) is 4. The Morgan fingerprint density at radius 3 is 2.54 bits per heavy atom. The minimum Gasteiger partial charge on any atom is -0.497 e. The van der Waals surface area contributed by atoms with Gasteiger partial charge in [-0.15, -0.1) is 5.10 Å². The van der Waals surface area contributed by atoms with Crippen LogP contribution in [-0.4, -0.2) is 31.3 Å². The number of nitrogens with zero attached hydrogens (tertiary/aromatic N) is 5. The second-order valence-electron chi connectivity index (χ2n) is 5.19. The summed E-state index contributed by atoms with van der Waals surface area (Å²) in [6.45, 7) is 0. The zero-order valence-corrected chi connectivity index (χ0v) is 13.1. The molecule has 0 amide bonds. The van der Waals surface area contributed by atoms with Crippen molar-refractivity contribution in [1.82, 2.24) is 24.1 Å². The monoisotopic (exact) mass is 317 g/mol. The SMILES string of the molecule is COc1ccc(/C=C/c2ccnc3nc(-n4cccc4)nn23)cc1. The molecule has 3 aromatic heterocycles. The minimum absolute atomic E-state index is 0.565. The van der Waals surface area contributed by atoms with Crippen LogP contribution in [0.1, 0.15) is 11.3 Å². The average molecular weight is 317 g/mol. The predicted molar refractivity (Wildman–Crippen MR) is 92.0 cm³/mol. The van der Waals surface area contributed by atoms with E-state index in [4.69, 9.17) is 4.74 Å². The molecule has 6 nitrogen and oxygen atoms in total. The molecular formula is C18H15N5O. The third-order valence-corrected chi connectivity index (χ3v) is 3.66. The molecule has 0 spiro atoms. The summed E-state index contributed by atoms with van der Waals surface area (Å²) in [5, 5.41) is 4.53. The van der Waals surface area contributed by atoms with Gasteiger partial charge in [0.1, 0.15) is 5.75 Å². The fraction of sp³-hybridized carbons (Fsp3) is 0.0556. The highest BCUT2D eigenvalue weighted by molar-refractivity contribution is 5.69. The fourth-order valence-electron chi connectivity index (χ4n) is 2.40.